The summed E-state index contributed by atoms with van der Waals surface area (Å²) in [7, 11) is 0. The Kier molecular flexibility index (Phi) is 4.96. The third kappa shape index (κ3) is 5.36. The highest BCUT2D eigenvalue weighted by molar-refractivity contribution is 9.10. The van der Waals surface area contributed by atoms with Gasteiger partial charge in [-0.1, -0.05) is 42.8 Å². The number of nitrogens with one attached hydrogen (secondary N) is 2. The van der Waals surface area contributed by atoms with E-state index in [2.05, 4.69) is 47.3 Å². The predicted molar refractivity (Wildman–Crippen MR) is 79.6 cm³/mol. The van der Waals surface area contributed by atoms with Crippen LogP contribution in [-0.4, -0.2) is 6.03 Å². The molecule has 0 spiro atoms. The molecule has 0 bridgehead atoms. The lowest BCUT2D eigenvalue weighted by Gasteiger charge is -2.12. The van der Waals surface area contributed by atoms with Crippen LogP contribution in [0.5, 0.6) is 0 Å². The van der Waals surface area contributed by atoms with Gasteiger partial charge in [0.15, 0.2) is 0 Å². The van der Waals surface area contributed by atoms with Crippen molar-refractivity contribution in [2.75, 3.05) is 5.32 Å². The molecule has 1 rings (SSSR count). The molecule has 18 heavy (non-hydrogen) atoms. The Morgan fingerprint density at radius 3 is 2.56 bits per heavy atom. The van der Waals surface area contributed by atoms with Gasteiger partial charge < -0.3 is 10.6 Å². The zero-order chi connectivity index (χ0) is 13.8. The first kappa shape index (κ1) is 14.8. The maximum atomic E-state index is 11.7. The predicted octanol–water partition coefficient (Wildman–Crippen LogP) is 4.44. The Hall–Kier alpha value is -1.29. The van der Waals surface area contributed by atoms with Crippen molar-refractivity contribution in [3.05, 3.63) is 40.5 Å². The minimum Gasteiger partial charge on any atom is -0.315 e. The molecule has 4 heteroatoms. The van der Waals surface area contributed by atoms with E-state index in [1.54, 1.807) is 6.20 Å². The molecule has 0 aliphatic rings. The fourth-order valence-corrected chi connectivity index (χ4v) is 1.77. The third-order valence-corrected chi connectivity index (χ3v) is 2.73. The van der Waals surface area contributed by atoms with Gasteiger partial charge in [-0.3, -0.25) is 0 Å². The summed E-state index contributed by atoms with van der Waals surface area (Å²) in [5.41, 5.74) is 1.88. The number of hydrogen-bond donors (Lipinski definition) is 2. The SMILES string of the molecule is Cc1cc(Br)ccc1NC(=O)N/C=C/C(C)(C)C. The van der Waals surface area contributed by atoms with Crippen LogP contribution in [0.2, 0.25) is 0 Å². The van der Waals surface area contributed by atoms with E-state index in [4.69, 9.17) is 0 Å². The van der Waals surface area contributed by atoms with Crippen molar-refractivity contribution in [1.29, 1.82) is 0 Å². The van der Waals surface area contributed by atoms with Crippen molar-refractivity contribution in [1.82, 2.24) is 5.32 Å². The van der Waals surface area contributed by atoms with Gasteiger partial charge in [0.1, 0.15) is 0 Å². The number of allylic oxidation sites excluding steroid dienone is 1. The van der Waals surface area contributed by atoms with E-state index in [9.17, 15) is 4.79 Å². The van der Waals surface area contributed by atoms with E-state index in [0.29, 0.717) is 0 Å². The highest BCUT2D eigenvalue weighted by atomic mass is 79.9. The molecule has 0 aromatic heterocycles. The van der Waals surface area contributed by atoms with Gasteiger partial charge in [0.2, 0.25) is 0 Å². The molecule has 0 radical (unpaired) electrons. The summed E-state index contributed by atoms with van der Waals surface area (Å²) in [6, 6.07) is 5.49. The highest BCUT2D eigenvalue weighted by Crippen LogP contribution is 2.19. The van der Waals surface area contributed by atoms with Gasteiger partial charge in [0, 0.05) is 16.4 Å². The van der Waals surface area contributed by atoms with Gasteiger partial charge in [-0.15, -0.1) is 0 Å². The van der Waals surface area contributed by atoms with E-state index < -0.39 is 0 Å². The van der Waals surface area contributed by atoms with Crippen LogP contribution in [0.15, 0.2) is 34.9 Å². The fourth-order valence-electron chi connectivity index (χ4n) is 1.29. The van der Waals surface area contributed by atoms with Crippen LogP contribution in [0.3, 0.4) is 0 Å². The Balaban J connectivity index is 2.58. The van der Waals surface area contributed by atoms with E-state index in [0.717, 1.165) is 15.7 Å². The van der Waals surface area contributed by atoms with Crippen LogP contribution < -0.4 is 10.6 Å². The Morgan fingerprint density at radius 1 is 1.33 bits per heavy atom. The van der Waals surface area contributed by atoms with E-state index in [1.165, 1.54) is 0 Å². The number of amides is 2. The summed E-state index contributed by atoms with van der Waals surface area (Å²) in [6.07, 6.45) is 3.62. The van der Waals surface area contributed by atoms with Crippen LogP contribution in [0.25, 0.3) is 0 Å². The number of anilines is 1. The first-order chi connectivity index (χ1) is 8.28. The summed E-state index contributed by atoms with van der Waals surface area (Å²) in [4.78, 5) is 11.7. The number of urea groups is 1. The fraction of sp³-hybridized carbons (Fsp3) is 0.357. The van der Waals surface area contributed by atoms with Crippen molar-refractivity contribution >= 4 is 27.6 Å². The molecule has 0 fully saturated rings. The number of hydrogen-bond acceptors (Lipinski definition) is 1. The molecule has 0 aliphatic heterocycles. The van der Waals surface area contributed by atoms with Crippen molar-refractivity contribution in [3.63, 3.8) is 0 Å². The van der Waals surface area contributed by atoms with Crippen LogP contribution >= 0.6 is 15.9 Å². The molecule has 0 saturated heterocycles. The summed E-state index contributed by atoms with van der Waals surface area (Å²) in [5, 5.41) is 5.49. The maximum absolute atomic E-state index is 11.7. The number of rotatable bonds is 2. The molecule has 0 aliphatic carbocycles. The first-order valence-corrected chi connectivity index (χ1v) is 6.58. The Morgan fingerprint density at radius 2 is 2.00 bits per heavy atom. The lowest BCUT2D eigenvalue weighted by Crippen LogP contribution is -2.24. The number of halogens is 1. The van der Waals surface area contributed by atoms with E-state index >= 15 is 0 Å². The third-order valence-electron chi connectivity index (χ3n) is 2.23. The molecule has 1 aromatic rings. The number of benzene rings is 1. The van der Waals surface area contributed by atoms with Crippen LogP contribution in [0.1, 0.15) is 26.3 Å². The smallest absolute Gasteiger partial charge is 0.315 e. The molecular formula is C14H19BrN2O. The summed E-state index contributed by atoms with van der Waals surface area (Å²) in [6.45, 7) is 8.16. The molecule has 1 aromatic carbocycles. The monoisotopic (exact) mass is 310 g/mol. The Labute approximate surface area is 117 Å². The second-order valence-electron chi connectivity index (χ2n) is 5.26. The van der Waals surface area contributed by atoms with Gasteiger partial charge in [-0.25, -0.2) is 4.79 Å². The lowest BCUT2D eigenvalue weighted by molar-refractivity contribution is 0.255. The maximum Gasteiger partial charge on any atom is 0.323 e. The zero-order valence-corrected chi connectivity index (χ0v) is 12.8. The van der Waals surface area contributed by atoms with Crippen molar-refractivity contribution < 1.29 is 4.79 Å². The topological polar surface area (TPSA) is 41.1 Å². The molecule has 2 N–H and O–H groups in total. The van der Waals surface area contributed by atoms with Crippen molar-refractivity contribution in [3.8, 4) is 0 Å². The van der Waals surface area contributed by atoms with Gasteiger partial charge >= 0.3 is 6.03 Å². The van der Waals surface area contributed by atoms with Crippen LogP contribution in [-0.2, 0) is 0 Å². The minimum absolute atomic E-state index is 0.0564. The van der Waals surface area contributed by atoms with E-state index in [-0.39, 0.29) is 11.4 Å². The van der Waals surface area contributed by atoms with Gasteiger partial charge in [0.25, 0.3) is 0 Å². The van der Waals surface area contributed by atoms with Gasteiger partial charge in [0.05, 0.1) is 0 Å². The molecule has 0 unspecified atom stereocenters. The molecule has 0 atom stereocenters. The highest BCUT2D eigenvalue weighted by Gasteiger charge is 2.05. The molecule has 0 heterocycles. The minimum atomic E-state index is -0.235. The second kappa shape index (κ2) is 6.05. The number of aryl methyl sites for hydroxylation is 1. The number of carbonyl (C=O) groups is 1. The van der Waals surface area contributed by atoms with Crippen molar-refractivity contribution in [2.24, 2.45) is 5.41 Å². The molecule has 2 amide bonds. The standard InChI is InChI=1S/C14H19BrN2O/c1-10-9-11(15)5-6-12(10)17-13(18)16-8-7-14(2,3)4/h5-9H,1-4H3,(H2,16,17,18)/b8-7+. The molecule has 3 nitrogen and oxygen atoms in total. The quantitative estimate of drug-likeness (QED) is 0.833. The average molecular weight is 311 g/mol. The molecule has 98 valence electrons. The number of carbonyl (C=O) groups excluding carboxylic acids is 1. The lowest BCUT2D eigenvalue weighted by atomic mass is 9.97. The second-order valence-corrected chi connectivity index (χ2v) is 6.17. The summed E-state index contributed by atoms with van der Waals surface area (Å²) in [5.74, 6) is 0. The summed E-state index contributed by atoms with van der Waals surface area (Å²) >= 11 is 3.39. The normalized spacial score (nSPS) is 11.6. The first-order valence-electron chi connectivity index (χ1n) is 5.79. The molecule has 0 saturated carbocycles. The van der Waals surface area contributed by atoms with Crippen LogP contribution in [0, 0.1) is 12.3 Å². The largest absolute Gasteiger partial charge is 0.323 e. The van der Waals surface area contributed by atoms with E-state index in [1.807, 2.05) is 31.2 Å². The van der Waals surface area contributed by atoms with Gasteiger partial charge in [-0.2, -0.15) is 0 Å². The average Bonchev–Trinajstić information content (AvgIpc) is 2.20. The van der Waals surface area contributed by atoms with Crippen molar-refractivity contribution in [2.45, 2.75) is 27.7 Å². The molecular weight excluding hydrogens is 292 g/mol. The zero-order valence-electron chi connectivity index (χ0n) is 11.2. The summed E-state index contributed by atoms with van der Waals surface area (Å²) < 4.78 is 0.999. The van der Waals surface area contributed by atoms with Gasteiger partial charge in [-0.05, 0) is 36.1 Å². The van der Waals surface area contributed by atoms with Crippen LogP contribution in [0.4, 0.5) is 10.5 Å². The Bertz CT molecular complexity index is 461.